The average Bonchev–Trinajstić information content (AvgIpc) is 2.46. The molecule has 0 fully saturated rings. The van der Waals surface area contributed by atoms with E-state index in [-0.39, 0.29) is 23.5 Å². The second kappa shape index (κ2) is 6.98. The normalized spacial score (nSPS) is 16.0. The smallest absolute Gasteiger partial charge is 0.339 e. The topological polar surface area (TPSA) is 77.8 Å². The summed E-state index contributed by atoms with van der Waals surface area (Å²) < 4.78 is 0. The Morgan fingerprint density at radius 3 is 2.50 bits per heavy atom. The molecule has 4 heteroatoms. The quantitative estimate of drug-likeness (QED) is 0.637. The van der Waals surface area contributed by atoms with Crippen LogP contribution in [0.5, 0.6) is 0 Å². The maximum absolute atomic E-state index is 11.4. The number of carboxylic acid groups (broad SMARTS) is 1. The number of unbranched alkanes of at least 4 members (excludes halogenated alkanes) is 2. The summed E-state index contributed by atoms with van der Waals surface area (Å²) in [7, 11) is 0. The first-order valence-electron chi connectivity index (χ1n) is 6.82. The van der Waals surface area contributed by atoms with E-state index in [1.807, 2.05) is 0 Å². The molecule has 0 unspecified atom stereocenters. The Hall–Kier alpha value is -1.97. The molecule has 0 bridgehead atoms. The Labute approximate surface area is 119 Å². The molecule has 0 atom stereocenters. The zero-order valence-corrected chi connectivity index (χ0v) is 12.1. The van der Waals surface area contributed by atoms with Gasteiger partial charge in [-0.15, -0.1) is 0 Å². The predicted octanol–water partition coefficient (Wildman–Crippen LogP) is 4.18. The first-order chi connectivity index (χ1) is 9.38. The van der Waals surface area contributed by atoms with E-state index in [1.165, 1.54) is 6.08 Å². The van der Waals surface area contributed by atoms with Crippen molar-refractivity contribution in [2.75, 3.05) is 0 Å². The summed E-state index contributed by atoms with van der Waals surface area (Å²) in [6.45, 7) is 7.52. The molecule has 20 heavy (non-hydrogen) atoms. The molecule has 0 amide bonds. The summed E-state index contributed by atoms with van der Waals surface area (Å²) in [5.41, 5.74) is 1.47. The highest BCUT2D eigenvalue weighted by Gasteiger charge is 2.24. The van der Waals surface area contributed by atoms with Crippen molar-refractivity contribution in [1.82, 2.24) is 0 Å². The molecule has 0 aromatic heterocycles. The Kier molecular flexibility index (Phi) is 5.62. The van der Waals surface area contributed by atoms with E-state index in [4.69, 9.17) is 0 Å². The van der Waals surface area contributed by atoms with Crippen LogP contribution in [0.25, 0.3) is 0 Å². The standard InChI is InChI=1S/C16H22O4/c1-4-5-6-7-11-8-13(17)12(10(2)3)9-14(18)15(11)16(19)20/h8,17-18H,2,4-7,9H2,1,3H3,(H,19,20). The first kappa shape index (κ1) is 16.1. The summed E-state index contributed by atoms with van der Waals surface area (Å²) in [4.78, 5) is 11.4. The molecule has 0 spiro atoms. The van der Waals surface area contributed by atoms with Gasteiger partial charge in [-0.2, -0.15) is 0 Å². The Balaban J connectivity index is 3.22. The third-order valence-electron chi connectivity index (χ3n) is 3.35. The molecule has 0 aromatic carbocycles. The number of hydrogen-bond donors (Lipinski definition) is 3. The molecular weight excluding hydrogens is 256 g/mol. The van der Waals surface area contributed by atoms with Crippen molar-refractivity contribution in [3.05, 3.63) is 46.5 Å². The summed E-state index contributed by atoms with van der Waals surface area (Å²) >= 11 is 0. The predicted molar refractivity (Wildman–Crippen MR) is 78.6 cm³/mol. The molecule has 0 radical (unpaired) electrons. The summed E-state index contributed by atoms with van der Waals surface area (Å²) in [5, 5.41) is 29.4. The van der Waals surface area contributed by atoms with Crippen molar-refractivity contribution in [3.63, 3.8) is 0 Å². The molecule has 0 aromatic rings. The van der Waals surface area contributed by atoms with Gasteiger partial charge in [0.15, 0.2) is 0 Å². The van der Waals surface area contributed by atoms with E-state index in [9.17, 15) is 20.1 Å². The minimum Gasteiger partial charge on any atom is -0.511 e. The molecule has 1 aliphatic rings. The van der Waals surface area contributed by atoms with Crippen molar-refractivity contribution in [2.24, 2.45) is 0 Å². The fourth-order valence-corrected chi connectivity index (χ4v) is 2.25. The van der Waals surface area contributed by atoms with Crippen LogP contribution in [-0.4, -0.2) is 21.3 Å². The van der Waals surface area contributed by atoms with Gasteiger partial charge in [0, 0.05) is 12.0 Å². The molecule has 4 nitrogen and oxygen atoms in total. The van der Waals surface area contributed by atoms with Crippen LogP contribution in [0, 0.1) is 0 Å². The van der Waals surface area contributed by atoms with E-state index in [0.717, 1.165) is 19.3 Å². The molecular formula is C16H22O4. The van der Waals surface area contributed by atoms with Gasteiger partial charge in [0.25, 0.3) is 0 Å². The van der Waals surface area contributed by atoms with Gasteiger partial charge in [0.2, 0.25) is 0 Å². The molecule has 0 saturated carbocycles. The van der Waals surface area contributed by atoms with E-state index in [1.54, 1.807) is 6.92 Å². The lowest BCUT2D eigenvalue weighted by Gasteiger charge is -2.09. The maximum Gasteiger partial charge on any atom is 0.339 e. The number of aliphatic hydroxyl groups excluding tert-OH is 2. The number of allylic oxidation sites excluding steroid dienone is 3. The van der Waals surface area contributed by atoms with Crippen molar-refractivity contribution < 1.29 is 20.1 Å². The number of carboxylic acids is 1. The third-order valence-corrected chi connectivity index (χ3v) is 3.35. The highest BCUT2D eigenvalue weighted by molar-refractivity contribution is 5.92. The van der Waals surface area contributed by atoms with Crippen LogP contribution in [-0.2, 0) is 4.79 Å². The lowest BCUT2D eigenvalue weighted by atomic mass is 9.98. The van der Waals surface area contributed by atoms with Crippen molar-refractivity contribution in [2.45, 2.75) is 46.0 Å². The Bertz CT molecular complexity index is 507. The minimum absolute atomic E-state index is 0.00340. The SMILES string of the molecule is C=C(C)C1=C(O)C=C(CCCCC)C(C(=O)O)=C(O)C1. The largest absolute Gasteiger partial charge is 0.511 e. The van der Waals surface area contributed by atoms with Gasteiger partial charge in [-0.3, -0.25) is 0 Å². The van der Waals surface area contributed by atoms with Crippen molar-refractivity contribution in [1.29, 1.82) is 0 Å². The number of rotatable bonds is 6. The highest BCUT2D eigenvalue weighted by atomic mass is 16.4. The van der Waals surface area contributed by atoms with E-state index in [0.29, 0.717) is 23.1 Å². The fraction of sp³-hybridized carbons (Fsp3) is 0.438. The van der Waals surface area contributed by atoms with Crippen molar-refractivity contribution >= 4 is 5.97 Å². The number of hydrogen-bond acceptors (Lipinski definition) is 3. The van der Waals surface area contributed by atoms with Gasteiger partial charge in [0.1, 0.15) is 17.1 Å². The van der Waals surface area contributed by atoms with E-state index >= 15 is 0 Å². The van der Waals surface area contributed by atoms with E-state index < -0.39 is 5.97 Å². The summed E-state index contributed by atoms with van der Waals surface area (Å²) in [6.07, 6.45) is 4.78. The summed E-state index contributed by atoms with van der Waals surface area (Å²) in [5.74, 6) is -1.39. The van der Waals surface area contributed by atoms with Gasteiger partial charge < -0.3 is 15.3 Å². The molecule has 0 saturated heterocycles. The van der Waals surface area contributed by atoms with Gasteiger partial charge >= 0.3 is 5.97 Å². The van der Waals surface area contributed by atoms with E-state index in [2.05, 4.69) is 13.5 Å². The lowest BCUT2D eigenvalue weighted by molar-refractivity contribution is -0.132. The second-order valence-corrected chi connectivity index (χ2v) is 5.07. The zero-order chi connectivity index (χ0) is 15.3. The number of aliphatic carboxylic acids is 1. The van der Waals surface area contributed by atoms with Crippen LogP contribution >= 0.6 is 0 Å². The Morgan fingerprint density at radius 2 is 2.00 bits per heavy atom. The van der Waals surface area contributed by atoms with Crippen LogP contribution in [0.3, 0.4) is 0 Å². The average molecular weight is 278 g/mol. The minimum atomic E-state index is -1.17. The monoisotopic (exact) mass is 278 g/mol. The molecule has 0 heterocycles. The molecule has 1 aliphatic carbocycles. The van der Waals surface area contributed by atoms with Crippen LogP contribution in [0.4, 0.5) is 0 Å². The molecule has 0 aliphatic heterocycles. The molecule has 1 rings (SSSR count). The third kappa shape index (κ3) is 3.76. The van der Waals surface area contributed by atoms with Crippen LogP contribution in [0.2, 0.25) is 0 Å². The zero-order valence-electron chi connectivity index (χ0n) is 12.1. The van der Waals surface area contributed by atoms with Gasteiger partial charge in [-0.1, -0.05) is 31.9 Å². The maximum atomic E-state index is 11.4. The van der Waals surface area contributed by atoms with Crippen LogP contribution in [0.1, 0.15) is 46.0 Å². The van der Waals surface area contributed by atoms with Crippen LogP contribution in [0.15, 0.2) is 46.5 Å². The van der Waals surface area contributed by atoms with Crippen molar-refractivity contribution in [3.8, 4) is 0 Å². The molecule has 3 N–H and O–H groups in total. The first-order valence-corrected chi connectivity index (χ1v) is 6.82. The van der Waals surface area contributed by atoms with Crippen LogP contribution < -0.4 is 0 Å². The van der Waals surface area contributed by atoms with Gasteiger partial charge in [-0.05, 0) is 31.4 Å². The Morgan fingerprint density at radius 1 is 1.35 bits per heavy atom. The second-order valence-electron chi connectivity index (χ2n) is 5.07. The van der Waals surface area contributed by atoms with Gasteiger partial charge in [0.05, 0.1) is 0 Å². The number of aliphatic hydroxyl groups is 2. The summed E-state index contributed by atoms with van der Waals surface area (Å²) in [6, 6.07) is 0. The fourth-order valence-electron chi connectivity index (χ4n) is 2.25. The lowest BCUT2D eigenvalue weighted by Crippen LogP contribution is -2.07. The number of carbonyl (C=O) groups is 1. The highest BCUT2D eigenvalue weighted by Crippen LogP contribution is 2.31. The molecule has 110 valence electrons. The van der Waals surface area contributed by atoms with Gasteiger partial charge in [-0.25, -0.2) is 4.79 Å².